The van der Waals surface area contributed by atoms with Gasteiger partial charge in [-0.15, -0.1) is 0 Å². The molecule has 2 N–H and O–H groups in total. The molecule has 0 amide bonds. The van der Waals surface area contributed by atoms with Crippen LogP contribution in [0.5, 0.6) is 0 Å². The summed E-state index contributed by atoms with van der Waals surface area (Å²) in [4.78, 5) is 21.0. The zero-order valence-corrected chi connectivity index (χ0v) is 50.4. The van der Waals surface area contributed by atoms with Crippen LogP contribution in [0.2, 0.25) is 0 Å². The molecule has 0 radical (unpaired) electrons. The molecule has 0 aliphatic carbocycles. The van der Waals surface area contributed by atoms with Gasteiger partial charge < -0.3 is 9.97 Å². The van der Waals surface area contributed by atoms with Gasteiger partial charge in [0.1, 0.15) is 0 Å². The first-order valence-electron chi connectivity index (χ1n) is 29.5. The number of aromatic nitrogens is 4. The van der Waals surface area contributed by atoms with Crippen molar-refractivity contribution in [2.45, 2.75) is 83.1 Å². The van der Waals surface area contributed by atoms with Gasteiger partial charge in [-0.3, -0.25) is 0 Å². The third kappa shape index (κ3) is 9.18. The van der Waals surface area contributed by atoms with Crippen LogP contribution in [0.1, 0.15) is 89.5 Å². The van der Waals surface area contributed by atoms with Crippen LogP contribution >= 0.6 is 0 Å². The topological polar surface area (TPSA) is 57.4 Å². The van der Waals surface area contributed by atoms with E-state index in [1.165, 1.54) is 66.8 Å². The average Bonchev–Trinajstić information content (AvgIpc) is 2.51. The Morgan fingerprint density at radius 1 is 0.214 bits per heavy atom. The van der Waals surface area contributed by atoms with Gasteiger partial charge in [0.25, 0.3) is 0 Å². The zero-order chi connectivity index (χ0) is 58.2. The normalized spacial score (nSPS) is 12.0. The fraction of sp³-hybridized carbons (Fsp3) is 0.150. The van der Waals surface area contributed by atoms with Crippen molar-refractivity contribution in [2.24, 2.45) is 0 Å². The number of hydrogen-bond donors (Lipinski definition) is 2. The number of nitrogens with one attached hydrogen (secondary N) is 2. The lowest BCUT2D eigenvalue weighted by atomic mass is 9.88. The van der Waals surface area contributed by atoms with Crippen LogP contribution < -0.4 is 0 Å². The van der Waals surface area contributed by atoms with E-state index in [0.29, 0.717) is 0 Å². The standard InChI is InChI=1S/C80H70N4/c1-45-37-49(5)65(50(6)38-45)73-61-33-34-62(81-61)74(66-51(7)39-46(2)40-52(66)8)79-71(59-29-21-15-22-30-59)72(60-31-23-16-24-32-60)80(84-79)76(68-55(11)43-48(4)44-56(68)12)64-36-35-63(82-64)75(67-53(9)41-47(3)42-54(67)10)78-70(58-27-19-14-20-28-58)69(77(73)83-78)57-25-17-13-18-26-57/h13-44,83-84H,1-12H3. The molecule has 0 saturated heterocycles. The van der Waals surface area contributed by atoms with Crippen molar-refractivity contribution in [1.29, 1.82) is 0 Å². The first kappa shape index (κ1) is 53.7. The van der Waals surface area contributed by atoms with Crippen LogP contribution in [0.25, 0.3) is 135 Å². The molecule has 4 heteroatoms. The number of benzene rings is 8. The van der Waals surface area contributed by atoms with Gasteiger partial charge in [0.15, 0.2) is 0 Å². The summed E-state index contributed by atoms with van der Waals surface area (Å²) in [5.41, 5.74) is 39.4. The summed E-state index contributed by atoms with van der Waals surface area (Å²) >= 11 is 0. The lowest BCUT2D eigenvalue weighted by molar-refractivity contribution is 1.27. The number of aryl methyl sites for hydroxylation is 12. The Morgan fingerprint density at radius 2 is 0.393 bits per heavy atom. The maximum absolute atomic E-state index is 6.11. The van der Waals surface area contributed by atoms with Gasteiger partial charge >= 0.3 is 0 Å². The fourth-order valence-electron chi connectivity index (χ4n) is 14.4. The van der Waals surface area contributed by atoms with E-state index in [2.05, 4.69) is 287 Å². The van der Waals surface area contributed by atoms with Crippen LogP contribution in [0, 0.1) is 83.1 Å². The first-order chi connectivity index (χ1) is 40.6. The van der Waals surface area contributed by atoms with Crippen molar-refractivity contribution in [3.63, 3.8) is 0 Å². The molecule has 2 aliphatic heterocycles. The SMILES string of the molecule is Cc1cc(C)c(-c2c3nc(c(-c4c(C)cc(C)cc4C)c4[nH]c(c(-c5c(C)cc(C)cc5C)c5nc(c(-c6c(C)cc(C)cc6C)c6[nH]c2c(-c2ccccc2)c6-c2ccccc2)C=C5)c(-c2ccccc2)c4-c2ccccc2)C=C3)c(C)c1. The van der Waals surface area contributed by atoms with Crippen molar-refractivity contribution >= 4 is 46.4 Å². The van der Waals surface area contributed by atoms with E-state index < -0.39 is 0 Å². The number of fused-ring (bicyclic) bond motifs is 8. The molecule has 11 aromatic rings. The minimum Gasteiger partial charge on any atom is -0.353 e. The second-order valence-corrected chi connectivity index (χ2v) is 23.7. The molecule has 13 rings (SSSR count). The predicted molar refractivity (Wildman–Crippen MR) is 359 cm³/mol. The third-order valence-corrected chi connectivity index (χ3v) is 17.3. The summed E-state index contributed by atoms with van der Waals surface area (Å²) in [5.74, 6) is 0. The number of nitrogens with zero attached hydrogens (tertiary/aromatic N) is 2. The van der Waals surface area contributed by atoms with Gasteiger partial charge in [-0.25, -0.2) is 9.97 Å². The van der Waals surface area contributed by atoms with Gasteiger partial charge in [-0.05, 0) is 196 Å². The molecule has 2 aliphatic rings. The minimum absolute atomic E-state index is 0.879. The van der Waals surface area contributed by atoms with Crippen LogP contribution in [0.15, 0.2) is 170 Å². The van der Waals surface area contributed by atoms with E-state index >= 15 is 0 Å². The number of aromatic amines is 2. The molecule has 0 saturated carbocycles. The lowest BCUT2D eigenvalue weighted by Gasteiger charge is -2.16. The molecule has 410 valence electrons. The molecule has 0 spiro atoms. The molecule has 0 fully saturated rings. The van der Waals surface area contributed by atoms with Crippen molar-refractivity contribution < 1.29 is 0 Å². The summed E-state index contributed by atoms with van der Waals surface area (Å²) in [6, 6.07) is 62.6. The van der Waals surface area contributed by atoms with Crippen molar-refractivity contribution in [3.8, 4) is 89.0 Å². The van der Waals surface area contributed by atoms with Gasteiger partial charge in [0.05, 0.1) is 44.8 Å². The van der Waals surface area contributed by atoms with Gasteiger partial charge in [-0.2, -0.15) is 0 Å². The zero-order valence-electron chi connectivity index (χ0n) is 50.4. The molecule has 8 bridgehead atoms. The highest BCUT2D eigenvalue weighted by atomic mass is 14.8. The second-order valence-electron chi connectivity index (χ2n) is 23.7. The third-order valence-electron chi connectivity index (χ3n) is 17.3. The Labute approximate surface area is 495 Å². The van der Waals surface area contributed by atoms with E-state index in [4.69, 9.17) is 9.97 Å². The monoisotopic (exact) mass is 1090 g/mol. The maximum Gasteiger partial charge on any atom is 0.0737 e. The molecule has 5 heterocycles. The number of rotatable bonds is 8. The smallest absolute Gasteiger partial charge is 0.0737 e. The minimum atomic E-state index is 0.879. The van der Waals surface area contributed by atoms with Crippen LogP contribution in [0.3, 0.4) is 0 Å². The second kappa shape index (κ2) is 21.3. The molecular weight excluding hydrogens is 1020 g/mol. The van der Waals surface area contributed by atoms with Crippen molar-refractivity contribution in [1.82, 2.24) is 19.9 Å². The summed E-state index contributed by atoms with van der Waals surface area (Å²) in [5, 5.41) is 0. The number of hydrogen-bond acceptors (Lipinski definition) is 2. The highest BCUT2D eigenvalue weighted by molar-refractivity contribution is 6.16. The summed E-state index contributed by atoms with van der Waals surface area (Å²) in [7, 11) is 0. The predicted octanol–water partition coefficient (Wildman–Crippen LogP) is 21.7. The molecule has 8 aromatic carbocycles. The van der Waals surface area contributed by atoms with E-state index in [1.807, 2.05) is 0 Å². The molecule has 0 atom stereocenters. The molecule has 84 heavy (non-hydrogen) atoms. The summed E-state index contributed by atoms with van der Waals surface area (Å²) in [6.45, 7) is 26.9. The van der Waals surface area contributed by atoms with Crippen LogP contribution in [0.4, 0.5) is 0 Å². The lowest BCUT2D eigenvalue weighted by Crippen LogP contribution is -1.97. The highest BCUT2D eigenvalue weighted by Crippen LogP contribution is 2.52. The van der Waals surface area contributed by atoms with Gasteiger partial charge in [0, 0.05) is 44.5 Å². The summed E-state index contributed by atoms with van der Waals surface area (Å²) < 4.78 is 0. The quantitative estimate of drug-likeness (QED) is 0.159. The Balaban J connectivity index is 1.42. The van der Waals surface area contributed by atoms with Gasteiger partial charge in [-0.1, -0.05) is 192 Å². The Hall–Kier alpha value is -9.64. The average molecular weight is 1090 g/mol. The Kier molecular flexibility index (Phi) is 13.6. The first-order valence-corrected chi connectivity index (χ1v) is 29.5. The van der Waals surface area contributed by atoms with E-state index in [9.17, 15) is 0 Å². The molecule has 0 unspecified atom stereocenters. The Morgan fingerprint density at radius 3 is 0.571 bits per heavy atom. The number of H-pyrrole nitrogens is 2. The van der Waals surface area contributed by atoms with Crippen molar-refractivity contribution in [2.75, 3.05) is 0 Å². The van der Waals surface area contributed by atoms with E-state index in [-0.39, 0.29) is 0 Å². The van der Waals surface area contributed by atoms with Crippen LogP contribution in [-0.2, 0) is 0 Å². The van der Waals surface area contributed by atoms with Gasteiger partial charge in [0.2, 0.25) is 0 Å². The largest absolute Gasteiger partial charge is 0.353 e. The van der Waals surface area contributed by atoms with E-state index in [0.717, 1.165) is 134 Å². The molecule has 4 nitrogen and oxygen atoms in total. The summed E-state index contributed by atoms with van der Waals surface area (Å²) in [6.07, 6.45) is 9.12. The molecule has 3 aromatic heterocycles. The maximum atomic E-state index is 6.11. The van der Waals surface area contributed by atoms with E-state index in [1.54, 1.807) is 0 Å². The fourth-order valence-corrected chi connectivity index (χ4v) is 14.4. The van der Waals surface area contributed by atoms with Crippen molar-refractivity contribution in [3.05, 3.63) is 259 Å². The highest BCUT2D eigenvalue weighted by Gasteiger charge is 2.30. The van der Waals surface area contributed by atoms with Crippen LogP contribution in [-0.4, -0.2) is 19.9 Å². The Bertz CT molecular complexity index is 4050. The molecular formula is C80H70N4.